The van der Waals surface area contributed by atoms with E-state index in [-0.39, 0.29) is 23.6 Å². The van der Waals surface area contributed by atoms with Crippen molar-refractivity contribution in [2.24, 2.45) is 0 Å². The van der Waals surface area contributed by atoms with Crippen LogP contribution in [0, 0.1) is 0 Å². The molecule has 98 valence electrons. The topological polar surface area (TPSA) is 71.1 Å². The van der Waals surface area contributed by atoms with Gasteiger partial charge in [0.05, 0.1) is 24.5 Å². The lowest BCUT2D eigenvalue weighted by atomic mass is 10.3. The van der Waals surface area contributed by atoms with Gasteiger partial charge in [-0.25, -0.2) is 0 Å². The molecule has 0 aliphatic heterocycles. The highest BCUT2D eigenvalue weighted by Gasteiger charge is 2.02. The molecule has 0 saturated carbocycles. The number of nitrogens with one attached hydrogen (secondary N) is 2. The predicted octanol–water partition coefficient (Wildman–Crippen LogP) is 0.792. The number of hydrogen-bond donors (Lipinski definition) is 2. The molecule has 2 amide bonds. The summed E-state index contributed by atoms with van der Waals surface area (Å²) >= 11 is 10.7. The van der Waals surface area contributed by atoms with Crippen molar-refractivity contribution < 1.29 is 9.59 Å². The Kier molecular flexibility index (Phi) is 6.46. The molecule has 0 aromatic carbocycles. The van der Waals surface area contributed by atoms with Gasteiger partial charge >= 0.3 is 0 Å². The zero-order valence-electron chi connectivity index (χ0n) is 9.58. The number of nitrogens with zero attached hydrogens (tertiary/aromatic N) is 1. The summed E-state index contributed by atoms with van der Waals surface area (Å²) in [6.45, 7) is 0.617. The summed E-state index contributed by atoms with van der Waals surface area (Å²) in [7, 11) is 0. The molecule has 0 unspecified atom stereocenters. The predicted molar refractivity (Wildman–Crippen MR) is 69.4 cm³/mol. The number of carbonyl (C=O) groups excluding carboxylic acids is 2. The Bertz CT molecular complexity index is 391. The van der Waals surface area contributed by atoms with Gasteiger partial charge in [0.25, 0.3) is 0 Å². The highest BCUT2D eigenvalue weighted by atomic mass is 35.5. The standard InChI is InChI=1S/C11H13Cl2N3O2/c12-4-10(17)14-6-8-2-1-3-9(16-8)7-15-11(18)5-13/h1-3H,4-7H2,(H,14,17)(H,15,18). The van der Waals surface area contributed by atoms with Gasteiger partial charge in [-0.05, 0) is 12.1 Å². The van der Waals surface area contributed by atoms with Crippen LogP contribution in [0.1, 0.15) is 11.4 Å². The lowest BCUT2D eigenvalue weighted by Gasteiger charge is -2.06. The second-order valence-electron chi connectivity index (χ2n) is 3.44. The molecule has 1 heterocycles. The van der Waals surface area contributed by atoms with Crippen LogP contribution >= 0.6 is 23.2 Å². The third kappa shape index (κ3) is 5.33. The van der Waals surface area contributed by atoms with Gasteiger partial charge in [-0.15, -0.1) is 23.2 Å². The molecule has 0 atom stereocenters. The molecule has 0 aliphatic rings. The highest BCUT2D eigenvalue weighted by Crippen LogP contribution is 1.99. The van der Waals surface area contributed by atoms with Crippen molar-refractivity contribution in [3.05, 3.63) is 29.6 Å². The number of aromatic nitrogens is 1. The summed E-state index contributed by atoms with van der Waals surface area (Å²) in [6.07, 6.45) is 0. The second kappa shape index (κ2) is 7.89. The number of rotatable bonds is 6. The zero-order chi connectivity index (χ0) is 13.4. The molecule has 1 rings (SSSR count). The molecule has 0 bridgehead atoms. The molecule has 1 aromatic heterocycles. The minimum Gasteiger partial charge on any atom is -0.349 e. The van der Waals surface area contributed by atoms with Crippen LogP contribution in [0.25, 0.3) is 0 Å². The first-order valence-electron chi connectivity index (χ1n) is 5.26. The summed E-state index contributed by atoms with van der Waals surface area (Å²) < 4.78 is 0. The Morgan fingerprint density at radius 3 is 1.83 bits per heavy atom. The van der Waals surface area contributed by atoms with E-state index in [1.165, 1.54) is 0 Å². The third-order valence-corrected chi connectivity index (χ3v) is 2.53. The van der Waals surface area contributed by atoms with E-state index >= 15 is 0 Å². The fourth-order valence-corrected chi connectivity index (χ4v) is 1.39. The number of pyridine rings is 1. The molecule has 7 heteroatoms. The van der Waals surface area contributed by atoms with Gasteiger partial charge in [0.2, 0.25) is 11.8 Å². The lowest BCUT2D eigenvalue weighted by Crippen LogP contribution is -2.26. The molecular formula is C11H13Cl2N3O2. The van der Waals surface area contributed by atoms with E-state index in [0.29, 0.717) is 24.5 Å². The Labute approximate surface area is 115 Å². The monoisotopic (exact) mass is 289 g/mol. The van der Waals surface area contributed by atoms with Gasteiger partial charge in [0, 0.05) is 0 Å². The maximum absolute atomic E-state index is 11.0. The third-order valence-electron chi connectivity index (χ3n) is 2.04. The van der Waals surface area contributed by atoms with Crippen LogP contribution in [-0.4, -0.2) is 28.6 Å². The molecule has 0 spiro atoms. The summed E-state index contributed by atoms with van der Waals surface area (Å²) in [6, 6.07) is 5.36. The van der Waals surface area contributed by atoms with E-state index in [2.05, 4.69) is 15.6 Å². The molecule has 18 heavy (non-hydrogen) atoms. The van der Waals surface area contributed by atoms with E-state index < -0.39 is 0 Å². The van der Waals surface area contributed by atoms with Gasteiger partial charge in [0.1, 0.15) is 11.8 Å². The molecule has 0 radical (unpaired) electrons. The van der Waals surface area contributed by atoms with Gasteiger partial charge in [0.15, 0.2) is 0 Å². The molecule has 1 aromatic rings. The Morgan fingerprint density at radius 1 is 1.00 bits per heavy atom. The first-order valence-corrected chi connectivity index (χ1v) is 6.32. The van der Waals surface area contributed by atoms with Crippen molar-refractivity contribution in [2.45, 2.75) is 13.1 Å². The quantitative estimate of drug-likeness (QED) is 0.761. The van der Waals surface area contributed by atoms with Crippen molar-refractivity contribution in [3.8, 4) is 0 Å². The van der Waals surface area contributed by atoms with Crippen molar-refractivity contribution in [1.29, 1.82) is 0 Å². The molecule has 0 saturated heterocycles. The van der Waals surface area contributed by atoms with Crippen molar-refractivity contribution >= 4 is 35.0 Å². The highest BCUT2D eigenvalue weighted by molar-refractivity contribution is 6.27. The number of carbonyl (C=O) groups is 2. The molecular weight excluding hydrogens is 277 g/mol. The fraction of sp³-hybridized carbons (Fsp3) is 0.364. The minimum atomic E-state index is -0.251. The first-order chi connectivity index (χ1) is 8.65. The maximum Gasteiger partial charge on any atom is 0.235 e. The van der Waals surface area contributed by atoms with E-state index in [4.69, 9.17) is 23.2 Å². The zero-order valence-corrected chi connectivity index (χ0v) is 11.1. The molecule has 0 fully saturated rings. The maximum atomic E-state index is 11.0. The summed E-state index contributed by atoms with van der Waals surface area (Å²) in [5.41, 5.74) is 1.40. The second-order valence-corrected chi connectivity index (χ2v) is 3.98. The van der Waals surface area contributed by atoms with E-state index in [9.17, 15) is 9.59 Å². The van der Waals surface area contributed by atoms with E-state index in [1.54, 1.807) is 18.2 Å². The average Bonchev–Trinajstić information content (AvgIpc) is 2.42. The van der Waals surface area contributed by atoms with E-state index in [1.807, 2.05) is 0 Å². The smallest absolute Gasteiger partial charge is 0.235 e. The average molecular weight is 290 g/mol. The lowest BCUT2D eigenvalue weighted by molar-refractivity contribution is -0.119. The Hall–Kier alpha value is -1.33. The van der Waals surface area contributed by atoms with Crippen molar-refractivity contribution in [2.75, 3.05) is 11.8 Å². The van der Waals surface area contributed by atoms with Crippen molar-refractivity contribution in [1.82, 2.24) is 15.6 Å². The van der Waals surface area contributed by atoms with E-state index in [0.717, 1.165) is 0 Å². The van der Waals surface area contributed by atoms with Gasteiger partial charge in [-0.3, -0.25) is 14.6 Å². The SMILES string of the molecule is O=C(CCl)NCc1cccc(CNC(=O)CCl)n1. The van der Waals surface area contributed by atoms with Crippen LogP contribution in [-0.2, 0) is 22.7 Å². The van der Waals surface area contributed by atoms with Crippen LogP contribution in [0.5, 0.6) is 0 Å². The molecule has 2 N–H and O–H groups in total. The number of alkyl halides is 2. The Morgan fingerprint density at radius 2 is 1.44 bits per heavy atom. The van der Waals surface area contributed by atoms with Crippen LogP contribution in [0.2, 0.25) is 0 Å². The summed E-state index contributed by atoms with van der Waals surface area (Å²) in [5, 5.41) is 5.22. The normalized spacial score (nSPS) is 9.89. The number of hydrogen-bond acceptors (Lipinski definition) is 3. The number of halogens is 2. The number of amides is 2. The van der Waals surface area contributed by atoms with Gasteiger partial charge < -0.3 is 10.6 Å². The first kappa shape index (κ1) is 14.7. The van der Waals surface area contributed by atoms with Gasteiger partial charge in [-0.2, -0.15) is 0 Å². The van der Waals surface area contributed by atoms with Crippen LogP contribution in [0.4, 0.5) is 0 Å². The van der Waals surface area contributed by atoms with Crippen molar-refractivity contribution in [3.63, 3.8) is 0 Å². The largest absolute Gasteiger partial charge is 0.349 e. The van der Waals surface area contributed by atoms with Crippen LogP contribution < -0.4 is 10.6 Å². The Balaban J connectivity index is 2.51. The van der Waals surface area contributed by atoms with Gasteiger partial charge in [-0.1, -0.05) is 6.07 Å². The summed E-state index contributed by atoms with van der Waals surface area (Å²) in [4.78, 5) is 26.2. The van der Waals surface area contributed by atoms with Crippen LogP contribution in [0.3, 0.4) is 0 Å². The molecule has 5 nitrogen and oxygen atoms in total. The summed E-state index contributed by atoms with van der Waals surface area (Å²) in [5.74, 6) is -0.657. The minimum absolute atomic E-state index is 0.0779. The fourth-order valence-electron chi connectivity index (χ4n) is 1.20. The molecule has 0 aliphatic carbocycles. The van der Waals surface area contributed by atoms with Crippen LogP contribution in [0.15, 0.2) is 18.2 Å².